The second kappa shape index (κ2) is 4.24. The van der Waals surface area contributed by atoms with Crippen LogP contribution in [0.4, 0.5) is 21.5 Å². The van der Waals surface area contributed by atoms with Gasteiger partial charge in [0, 0.05) is 29.0 Å². The Labute approximate surface area is 113 Å². The molecule has 0 saturated carbocycles. The second-order valence-electron chi connectivity index (χ2n) is 4.18. The molecule has 0 N–H and O–H groups in total. The molecule has 2 aromatic rings. The summed E-state index contributed by atoms with van der Waals surface area (Å²) in [6.07, 6.45) is 0. The molecular formula is C13H9FN2O2S. The van der Waals surface area contributed by atoms with Gasteiger partial charge in [0.05, 0.1) is 16.3 Å². The molecule has 0 radical (unpaired) electrons. The number of halogens is 1. The van der Waals surface area contributed by atoms with Gasteiger partial charge in [-0.15, -0.1) is 0 Å². The van der Waals surface area contributed by atoms with Crippen LogP contribution in [0.2, 0.25) is 0 Å². The van der Waals surface area contributed by atoms with Crippen LogP contribution in [0.15, 0.2) is 46.2 Å². The van der Waals surface area contributed by atoms with Crippen LogP contribution < -0.4 is 4.90 Å². The van der Waals surface area contributed by atoms with Gasteiger partial charge < -0.3 is 4.90 Å². The van der Waals surface area contributed by atoms with Crippen LogP contribution in [0.5, 0.6) is 0 Å². The lowest BCUT2D eigenvalue weighted by Crippen LogP contribution is -2.14. The Morgan fingerprint density at radius 2 is 1.95 bits per heavy atom. The fraction of sp³-hybridized carbons (Fsp3) is 0.0769. The molecule has 6 heteroatoms. The van der Waals surface area contributed by atoms with E-state index >= 15 is 0 Å². The number of anilines is 2. The predicted octanol–water partition coefficient (Wildman–Crippen LogP) is 3.97. The largest absolute Gasteiger partial charge is 0.343 e. The van der Waals surface area contributed by atoms with Crippen molar-refractivity contribution in [2.75, 3.05) is 11.9 Å². The highest BCUT2D eigenvalue weighted by Crippen LogP contribution is 2.48. The molecule has 4 nitrogen and oxygen atoms in total. The zero-order valence-corrected chi connectivity index (χ0v) is 10.8. The van der Waals surface area contributed by atoms with E-state index in [9.17, 15) is 14.5 Å². The minimum atomic E-state index is -0.418. The molecule has 3 rings (SSSR count). The smallest absolute Gasteiger partial charge is 0.271 e. The number of fused-ring (bicyclic) bond motifs is 2. The highest BCUT2D eigenvalue weighted by Gasteiger charge is 2.23. The van der Waals surface area contributed by atoms with Crippen molar-refractivity contribution >= 4 is 28.8 Å². The molecule has 19 heavy (non-hydrogen) atoms. The normalized spacial score (nSPS) is 12.8. The summed E-state index contributed by atoms with van der Waals surface area (Å²) in [5, 5.41) is 10.8. The zero-order chi connectivity index (χ0) is 13.6. The fourth-order valence-electron chi connectivity index (χ4n) is 2.06. The van der Waals surface area contributed by atoms with Gasteiger partial charge in [-0.1, -0.05) is 11.8 Å². The molecule has 0 unspecified atom stereocenters. The molecule has 0 spiro atoms. The quantitative estimate of drug-likeness (QED) is 0.584. The number of rotatable bonds is 1. The van der Waals surface area contributed by atoms with Crippen LogP contribution in [0.25, 0.3) is 0 Å². The number of hydrogen-bond acceptors (Lipinski definition) is 4. The van der Waals surface area contributed by atoms with Crippen molar-refractivity contribution in [1.29, 1.82) is 0 Å². The summed E-state index contributed by atoms with van der Waals surface area (Å²) >= 11 is 1.42. The van der Waals surface area contributed by atoms with Crippen LogP contribution in [-0.2, 0) is 0 Å². The number of hydrogen-bond donors (Lipinski definition) is 0. The summed E-state index contributed by atoms with van der Waals surface area (Å²) in [7, 11) is 1.82. The Bertz CT molecular complexity index is 690. The van der Waals surface area contributed by atoms with Gasteiger partial charge in [0.2, 0.25) is 0 Å². The summed E-state index contributed by atoms with van der Waals surface area (Å²) in [4.78, 5) is 13.9. The first-order valence-corrected chi connectivity index (χ1v) is 6.37. The standard InChI is InChI=1S/C13H9FN2O2S/c1-15-10-4-2-8(14)6-13(10)19-12-5-3-9(16(17)18)7-11(12)15/h2-7H,1H3. The molecular weight excluding hydrogens is 267 g/mol. The first-order valence-electron chi connectivity index (χ1n) is 5.56. The zero-order valence-electron chi connectivity index (χ0n) is 9.96. The highest BCUT2D eigenvalue weighted by atomic mass is 32.2. The van der Waals surface area contributed by atoms with E-state index < -0.39 is 4.92 Å². The molecule has 0 aromatic heterocycles. The van der Waals surface area contributed by atoms with Crippen molar-refractivity contribution < 1.29 is 9.31 Å². The van der Waals surface area contributed by atoms with Gasteiger partial charge in [-0.25, -0.2) is 4.39 Å². The Morgan fingerprint density at radius 1 is 1.16 bits per heavy atom. The molecule has 0 bridgehead atoms. The van der Waals surface area contributed by atoms with E-state index in [1.54, 1.807) is 12.1 Å². The molecule has 1 aliphatic rings. The Kier molecular flexibility index (Phi) is 2.67. The van der Waals surface area contributed by atoms with Gasteiger partial charge in [-0.05, 0) is 24.3 Å². The highest BCUT2D eigenvalue weighted by molar-refractivity contribution is 7.99. The van der Waals surface area contributed by atoms with E-state index in [0.717, 1.165) is 21.2 Å². The first kappa shape index (κ1) is 12.0. The van der Waals surface area contributed by atoms with Crippen molar-refractivity contribution in [1.82, 2.24) is 0 Å². The number of nitro groups is 1. The summed E-state index contributed by atoms with van der Waals surface area (Å²) in [5.41, 5.74) is 1.66. The molecule has 0 aliphatic carbocycles. The maximum absolute atomic E-state index is 13.2. The minimum absolute atomic E-state index is 0.0526. The minimum Gasteiger partial charge on any atom is -0.343 e. The van der Waals surface area contributed by atoms with Gasteiger partial charge in [-0.2, -0.15) is 0 Å². The van der Waals surface area contributed by atoms with E-state index in [0.29, 0.717) is 0 Å². The van der Waals surface area contributed by atoms with E-state index in [2.05, 4.69) is 0 Å². The van der Waals surface area contributed by atoms with Crippen molar-refractivity contribution in [2.24, 2.45) is 0 Å². The summed E-state index contributed by atoms with van der Waals surface area (Å²) in [6, 6.07) is 9.24. The molecule has 0 atom stereocenters. The molecule has 0 amide bonds. The fourth-order valence-corrected chi connectivity index (χ4v) is 3.22. The molecule has 1 heterocycles. The third kappa shape index (κ3) is 1.94. The third-order valence-electron chi connectivity index (χ3n) is 3.02. The Morgan fingerprint density at radius 3 is 2.68 bits per heavy atom. The van der Waals surface area contributed by atoms with Gasteiger partial charge in [0.15, 0.2) is 0 Å². The van der Waals surface area contributed by atoms with Gasteiger partial charge >= 0.3 is 0 Å². The predicted molar refractivity (Wildman–Crippen MR) is 71.7 cm³/mol. The van der Waals surface area contributed by atoms with Crippen LogP contribution in [0.3, 0.4) is 0 Å². The second-order valence-corrected chi connectivity index (χ2v) is 5.27. The van der Waals surface area contributed by atoms with Crippen LogP contribution >= 0.6 is 11.8 Å². The van der Waals surface area contributed by atoms with Crippen molar-refractivity contribution in [2.45, 2.75) is 9.79 Å². The van der Waals surface area contributed by atoms with Crippen LogP contribution in [0.1, 0.15) is 0 Å². The molecule has 0 fully saturated rings. The van der Waals surface area contributed by atoms with Crippen LogP contribution in [-0.4, -0.2) is 12.0 Å². The summed E-state index contributed by atoms with van der Waals surface area (Å²) < 4.78 is 13.2. The van der Waals surface area contributed by atoms with E-state index in [4.69, 9.17) is 0 Å². The number of benzene rings is 2. The van der Waals surface area contributed by atoms with Gasteiger partial charge in [-0.3, -0.25) is 10.1 Å². The lowest BCUT2D eigenvalue weighted by atomic mass is 10.2. The van der Waals surface area contributed by atoms with Gasteiger partial charge in [0.25, 0.3) is 5.69 Å². The van der Waals surface area contributed by atoms with Crippen molar-refractivity contribution in [3.63, 3.8) is 0 Å². The van der Waals surface area contributed by atoms with Crippen molar-refractivity contribution in [3.05, 3.63) is 52.3 Å². The third-order valence-corrected chi connectivity index (χ3v) is 4.13. The first-order chi connectivity index (χ1) is 9.06. The van der Waals surface area contributed by atoms with Gasteiger partial charge in [0.1, 0.15) is 5.82 Å². The topological polar surface area (TPSA) is 46.4 Å². The van der Waals surface area contributed by atoms with Crippen LogP contribution in [0, 0.1) is 15.9 Å². The molecule has 2 aromatic carbocycles. The average Bonchev–Trinajstić information content (AvgIpc) is 2.38. The lowest BCUT2D eigenvalue weighted by Gasteiger charge is -2.29. The average molecular weight is 276 g/mol. The van der Waals surface area contributed by atoms with E-state index in [1.165, 1.54) is 36.0 Å². The molecule has 96 valence electrons. The van der Waals surface area contributed by atoms with Crippen molar-refractivity contribution in [3.8, 4) is 0 Å². The molecule has 0 saturated heterocycles. The molecule has 1 aliphatic heterocycles. The number of non-ortho nitro benzene ring substituents is 1. The number of nitro benzene ring substituents is 1. The maximum atomic E-state index is 13.2. The SMILES string of the molecule is CN1c2ccc(F)cc2Sc2ccc([N+](=O)[O-])cc21. The number of nitrogens with zero attached hydrogens (tertiary/aromatic N) is 2. The van der Waals surface area contributed by atoms with E-state index in [-0.39, 0.29) is 11.5 Å². The summed E-state index contributed by atoms with van der Waals surface area (Å²) in [6.45, 7) is 0. The van der Waals surface area contributed by atoms with E-state index in [1.807, 2.05) is 11.9 Å². The monoisotopic (exact) mass is 276 g/mol. The Balaban J connectivity index is 2.13. The maximum Gasteiger partial charge on any atom is 0.271 e. The lowest BCUT2D eigenvalue weighted by molar-refractivity contribution is -0.384. The Hall–Kier alpha value is -2.08. The summed E-state index contributed by atoms with van der Waals surface area (Å²) in [5.74, 6) is -0.287.